The SMILES string of the molecule is CC(=O)N1C(C(F)(F)F)C(C(=O)Nc2ccccc2)=CN1C. The third-order valence-electron chi connectivity index (χ3n) is 3.13. The summed E-state index contributed by atoms with van der Waals surface area (Å²) in [5, 5.41) is 3.87. The van der Waals surface area contributed by atoms with Gasteiger partial charge >= 0.3 is 6.18 Å². The van der Waals surface area contributed by atoms with Crippen LogP contribution in [0.3, 0.4) is 0 Å². The van der Waals surface area contributed by atoms with Crippen LogP contribution in [0.1, 0.15) is 6.92 Å². The van der Waals surface area contributed by atoms with Gasteiger partial charge in [0.1, 0.15) is 0 Å². The average Bonchev–Trinajstić information content (AvgIpc) is 2.77. The highest BCUT2D eigenvalue weighted by Crippen LogP contribution is 2.35. The standard InChI is InChI=1S/C14H14F3N3O2/c1-9(21)20-12(14(15,16)17)11(8-19(20)2)13(22)18-10-6-4-3-5-7-10/h3-8,12H,1-2H3,(H,18,22). The van der Waals surface area contributed by atoms with Gasteiger partial charge in [-0.05, 0) is 12.1 Å². The molecular weight excluding hydrogens is 299 g/mol. The van der Waals surface area contributed by atoms with Gasteiger partial charge in [0.05, 0.1) is 5.57 Å². The van der Waals surface area contributed by atoms with Crippen molar-refractivity contribution in [1.82, 2.24) is 10.0 Å². The van der Waals surface area contributed by atoms with E-state index in [-0.39, 0.29) is 0 Å². The first kappa shape index (κ1) is 15.9. The maximum Gasteiger partial charge on any atom is 0.415 e. The highest BCUT2D eigenvalue weighted by molar-refractivity contribution is 6.05. The lowest BCUT2D eigenvalue weighted by Gasteiger charge is -2.31. The molecule has 1 aliphatic heterocycles. The van der Waals surface area contributed by atoms with Crippen molar-refractivity contribution < 1.29 is 22.8 Å². The first-order valence-electron chi connectivity index (χ1n) is 6.39. The Kier molecular flexibility index (Phi) is 4.11. The van der Waals surface area contributed by atoms with E-state index < -0.39 is 29.6 Å². The van der Waals surface area contributed by atoms with Gasteiger partial charge in [0.25, 0.3) is 5.91 Å². The van der Waals surface area contributed by atoms with Crippen molar-refractivity contribution in [2.45, 2.75) is 19.1 Å². The minimum atomic E-state index is -4.75. The Morgan fingerprint density at radius 3 is 2.27 bits per heavy atom. The number of amides is 2. The molecule has 1 N–H and O–H groups in total. The number of rotatable bonds is 2. The van der Waals surface area contributed by atoms with Crippen LogP contribution in [0.4, 0.5) is 18.9 Å². The number of hydrazine groups is 1. The van der Waals surface area contributed by atoms with E-state index >= 15 is 0 Å². The molecular formula is C14H14F3N3O2. The number of hydrogen-bond acceptors (Lipinski definition) is 3. The van der Waals surface area contributed by atoms with Crippen LogP contribution in [0.15, 0.2) is 42.1 Å². The first-order valence-corrected chi connectivity index (χ1v) is 6.39. The number of benzene rings is 1. The summed E-state index contributed by atoms with van der Waals surface area (Å²) in [6.07, 6.45) is -3.74. The first-order chi connectivity index (χ1) is 10.2. The number of hydrogen-bond donors (Lipinski definition) is 1. The van der Waals surface area contributed by atoms with E-state index in [9.17, 15) is 22.8 Å². The van der Waals surface area contributed by atoms with Crippen LogP contribution in [-0.4, -0.2) is 41.1 Å². The summed E-state index contributed by atoms with van der Waals surface area (Å²) < 4.78 is 39.8. The smallest absolute Gasteiger partial charge is 0.322 e. The van der Waals surface area contributed by atoms with Gasteiger partial charge in [-0.2, -0.15) is 13.2 Å². The lowest BCUT2D eigenvalue weighted by atomic mass is 10.1. The minimum absolute atomic E-state index is 0.373. The van der Waals surface area contributed by atoms with Gasteiger partial charge in [-0.1, -0.05) is 18.2 Å². The summed E-state index contributed by atoms with van der Waals surface area (Å²) in [5.74, 6) is -1.70. The molecule has 0 bridgehead atoms. The Balaban J connectivity index is 2.30. The number of halogens is 3. The molecule has 0 radical (unpaired) electrons. The molecule has 8 heteroatoms. The van der Waals surface area contributed by atoms with Crippen molar-refractivity contribution >= 4 is 17.5 Å². The molecule has 1 heterocycles. The van der Waals surface area contributed by atoms with E-state index in [0.29, 0.717) is 10.7 Å². The number of nitrogens with zero attached hydrogens (tertiary/aromatic N) is 2. The highest BCUT2D eigenvalue weighted by Gasteiger charge is 2.53. The van der Waals surface area contributed by atoms with Gasteiger partial charge in [0, 0.05) is 25.9 Å². The van der Waals surface area contributed by atoms with Crippen molar-refractivity contribution in [1.29, 1.82) is 0 Å². The van der Waals surface area contributed by atoms with Crippen molar-refractivity contribution in [3.05, 3.63) is 42.1 Å². The van der Waals surface area contributed by atoms with E-state index in [1.54, 1.807) is 30.3 Å². The normalized spacial score (nSPS) is 18.2. The Hall–Kier alpha value is -2.51. The molecule has 0 spiro atoms. The van der Waals surface area contributed by atoms with Crippen LogP contribution in [0.5, 0.6) is 0 Å². The Morgan fingerprint density at radius 2 is 1.77 bits per heavy atom. The number of carbonyl (C=O) groups excluding carboxylic acids is 2. The molecule has 0 fully saturated rings. The van der Waals surface area contributed by atoms with Crippen LogP contribution in [0.2, 0.25) is 0 Å². The van der Waals surface area contributed by atoms with E-state index in [1.165, 1.54) is 7.05 Å². The average molecular weight is 313 g/mol. The highest BCUT2D eigenvalue weighted by atomic mass is 19.4. The van der Waals surface area contributed by atoms with Gasteiger partial charge in [0.2, 0.25) is 5.91 Å². The lowest BCUT2D eigenvalue weighted by Crippen LogP contribution is -2.51. The molecule has 1 aromatic rings. The van der Waals surface area contributed by atoms with Crippen LogP contribution >= 0.6 is 0 Å². The van der Waals surface area contributed by atoms with Gasteiger partial charge in [-0.15, -0.1) is 0 Å². The molecule has 1 aliphatic rings. The van der Waals surface area contributed by atoms with Gasteiger partial charge in [-0.25, -0.2) is 5.01 Å². The number of nitrogens with one attached hydrogen (secondary N) is 1. The molecule has 22 heavy (non-hydrogen) atoms. The van der Waals surface area contributed by atoms with Crippen molar-refractivity contribution in [2.24, 2.45) is 0 Å². The molecule has 5 nitrogen and oxygen atoms in total. The second-order valence-corrected chi connectivity index (χ2v) is 4.79. The van der Waals surface area contributed by atoms with Crippen LogP contribution in [0, 0.1) is 0 Å². The zero-order chi connectivity index (χ0) is 16.5. The van der Waals surface area contributed by atoms with Crippen molar-refractivity contribution in [3.63, 3.8) is 0 Å². The Labute approximate surface area is 125 Å². The largest absolute Gasteiger partial charge is 0.415 e. The third-order valence-corrected chi connectivity index (χ3v) is 3.13. The summed E-state index contributed by atoms with van der Waals surface area (Å²) in [7, 11) is 1.28. The Bertz CT molecular complexity index is 614. The molecule has 0 saturated heterocycles. The predicted molar refractivity (Wildman–Crippen MR) is 73.3 cm³/mol. The monoisotopic (exact) mass is 313 g/mol. The third kappa shape index (κ3) is 3.05. The van der Waals surface area contributed by atoms with Crippen LogP contribution < -0.4 is 5.32 Å². The number of alkyl halides is 3. The summed E-state index contributed by atoms with van der Waals surface area (Å²) >= 11 is 0. The summed E-state index contributed by atoms with van der Waals surface area (Å²) in [5.41, 5.74) is -0.160. The van der Waals surface area contributed by atoms with E-state index in [1.807, 2.05) is 0 Å². The summed E-state index contributed by atoms with van der Waals surface area (Å²) in [6, 6.07) is 5.83. The fourth-order valence-corrected chi connectivity index (χ4v) is 2.27. The van der Waals surface area contributed by atoms with E-state index in [0.717, 1.165) is 18.1 Å². The molecule has 1 aromatic carbocycles. The molecule has 0 saturated carbocycles. The minimum Gasteiger partial charge on any atom is -0.322 e. The summed E-state index contributed by atoms with van der Waals surface area (Å²) in [6.45, 7) is 1.02. The Morgan fingerprint density at radius 1 is 1.18 bits per heavy atom. The van der Waals surface area contributed by atoms with E-state index in [2.05, 4.69) is 5.32 Å². The summed E-state index contributed by atoms with van der Waals surface area (Å²) in [4.78, 5) is 23.6. The van der Waals surface area contributed by atoms with Gasteiger partial charge < -0.3 is 5.32 Å². The zero-order valence-corrected chi connectivity index (χ0v) is 11.9. The predicted octanol–water partition coefficient (Wildman–Crippen LogP) is 2.15. The number of para-hydroxylation sites is 1. The van der Waals surface area contributed by atoms with Gasteiger partial charge in [-0.3, -0.25) is 14.6 Å². The van der Waals surface area contributed by atoms with Gasteiger partial charge in [0.15, 0.2) is 6.04 Å². The second-order valence-electron chi connectivity index (χ2n) is 4.79. The van der Waals surface area contributed by atoms with Crippen molar-refractivity contribution in [3.8, 4) is 0 Å². The molecule has 1 atom stereocenters. The quantitative estimate of drug-likeness (QED) is 0.910. The fraction of sp³-hybridized carbons (Fsp3) is 0.286. The molecule has 2 amide bonds. The van der Waals surface area contributed by atoms with Crippen LogP contribution in [0.25, 0.3) is 0 Å². The second kappa shape index (κ2) is 5.70. The maximum atomic E-state index is 13.3. The maximum absolute atomic E-state index is 13.3. The molecule has 118 valence electrons. The number of anilines is 1. The van der Waals surface area contributed by atoms with Crippen LogP contribution in [-0.2, 0) is 9.59 Å². The fourth-order valence-electron chi connectivity index (χ4n) is 2.27. The molecule has 0 aromatic heterocycles. The molecule has 0 aliphatic carbocycles. The topological polar surface area (TPSA) is 52.7 Å². The van der Waals surface area contributed by atoms with Crippen molar-refractivity contribution in [2.75, 3.05) is 12.4 Å². The number of carbonyl (C=O) groups is 2. The lowest BCUT2D eigenvalue weighted by molar-refractivity contribution is -0.197. The molecule has 2 rings (SSSR count). The molecule has 1 unspecified atom stereocenters. The van der Waals surface area contributed by atoms with E-state index in [4.69, 9.17) is 0 Å². The zero-order valence-electron chi connectivity index (χ0n) is 11.9.